The highest BCUT2D eigenvalue weighted by Gasteiger charge is 2.25. The number of anilines is 1. The predicted octanol–water partition coefficient (Wildman–Crippen LogP) is 3.60. The van der Waals surface area contributed by atoms with E-state index in [2.05, 4.69) is 10.5 Å². The minimum Gasteiger partial charge on any atom is -0.497 e. The molecule has 1 fully saturated rings. The molecule has 0 aliphatic carbocycles. The first-order valence-electron chi connectivity index (χ1n) is 11.8. The molecule has 0 atom stereocenters. The number of nitrogens with one attached hydrogen (secondary N) is 1. The van der Waals surface area contributed by atoms with Crippen LogP contribution in [0.3, 0.4) is 0 Å². The summed E-state index contributed by atoms with van der Waals surface area (Å²) in [6.07, 6.45) is 0. The third kappa shape index (κ3) is 5.06. The Bertz CT molecular complexity index is 1390. The Kier molecular flexibility index (Phi) is 6.64. The number of methoxy groups -OCH3 is 1. The molecule has 36 heavy (non-hydrogen) atoms. The van der Waals surface area contributed by atoms with Crippen molar-refractivity contribution >= 4 is 28.5 Å². The van der Waals surface area contributed by atoms with Gasteiger partial charge in [0.2, 0.25) is 5.91 Å². The maximum atomic E-state index is 13.6. The molecular weight excluding hydrogens is 458 g/mol. The summed E-state index contributed by atoms with van der Waals surface area (Å²) in [6, 6.07) is 18.9. The number of piperazine rings is 1. The number of ether oxygens (including phenoxy) is 1. The number of hydrogen-bond acceptors (Lipinski definition) is 7. The smallest absolute Gasteiger partial charge is 0.254 e. The van der Waals surface area contributed by atoms with Gasteiger partial charge in [0.1, 0.15) is 11.5 Å². The molecule has 3 heterocycles. The van der Waals surface area contributed by atoms with Gasteiger partial charge in [-0.3, -0.25) is 14.5 Å². The second-order valence-electron chi connectivity index (χ2n) is 8.74. The van der Waals surface area contributed by atoms with E-state index >= 15 is 0 Å². The van der Waals surface area contributed by atoms with Gasteiger partial charge in [0.25, 0.3) is 5.91 Å². The van der Waals surface area contributed by atoms with Crippen LogP contribution in [0.25, 0.3) is 22.2 Å². The molecular formula is C27H27N5O4. The summed E-state index contributed by atoms with van der Waals surface area (Å²) < 4.78 is 10.2. The zero-order valence-electron chi connectivity index (χ0n) is 20.2. The van der Waals surface area contributed by atoms with Crippen molar-refractivity contribution in [3.63, 3.8) is 0 Å². The Morgan fingerprint density at radius 1 is 1.03 bits per heavy atom. The summed E-state index contributed by atoms with van der Waals surface area (Å²) in [6.45, 7) is 4.27. The van der Waals surface area contributed by atoms with E-state index in [1.807, 2.05) is 64.4 Å². The van der Waals surface area contributed by atoms with Crippen LogP contribution in [0.5, 0.6) is 5.75 Å². The highest BCUT2D eigenvalue weighted by Crippen LogP contribution is 2.27. The molecule has 0 unspecified atom stereocenters. The normalized spacial score (nSPS) is 14.1. The quantitative estimate of drug-likeness (QED) is 0.445. The Morgan fingerprint density at radius 2 is 1.78 bits per heavy atom. The Hall–Kier alpha value is -4.24. The largest absolute Gasteiger partial charge is 0.497 e. The van der Waals surface area contributed by atoms with Gasteiger partial charge in [-0.2, -0.15) is 0 Å². The molecule has 1 aliphatic rings. The van der Waals surface area contributed by atoms with Crippen LogP contribution in [0.4, 0.5) is 5.82 Å². The fraction of sp³-hybridized carbons (Fsp3) is 0.259. The minimum absolute atomic E-state index is 0.0365. The van der Waals surface area contributed by atoms with E-state index in [1.165, 1.54) is 0 Å². The number of benzene rings is 2. The number of amides is 2. The topological polar surface area (TPSA) is 101 Å². The lowest BCUT2D eigenvalue weighted by molar-refractivity contribution is -0.117. The third-order valence-electron chi connectivity index (χ3n) is 6.25. The van der Waals surface area contributed by atoms with Crippen molar-refractivity contribution < 1.29 is 18.8 Å². The lowest BCUT2D eigenvalue weighted by atomic mass is 10.0. The van der Waals surface area contributed by atoms with Gasteiger partial charge in [-0.05, 0) is 43.3 Å². The average Bonchev–Trinajstić information content (AvgIpc) is 3.32. The number of hydrogen-bond donors (Lipinski definition) is 1. The maximum Gasteiger partial charge on any atom is 0.254 e. The first-order valence-corrected chi connectivity index (χ1v) is 11.8. The minimum atomic E-state index is -0.160. The van der Waals surface area contributed by atoms with Crippen molar-refractivity contribution in [2.24, 2.45) is 0 Å². The van der Waals surface area contributed by atoms with Crippen LogP contribution in [0.2, 0.25) is 0 Å². The van der Waals surface area contributed by atoms with Crippen molar-refractivity contribution in [1.29, 1.82) is 0 Å². The molecule has 0 radical (unpaired) electrons. The number of aryl methyl sites for hydroxylation is 1. The first-order chi connectivity index (χ1) is 17.5. The van der Waals surface area contributed by atoms with Gasteiger partial charge < -0.3 is 19.5 Å². The van der Waals surface area contributed by atoms with Crippen molar-refractivity contribution in [2.45, 2.75) is 6.92 Å². The molecule has 1 N–H and O–H groups in total. The van der Waals surface area contributed by atoms with Crippen LogP contribution in [-0.2, 0) is 4.79 Å². The summed E-state index contributed by atoms with van der Waals surface area (Å²) >= 11 is 0. The van der Waals surface area contributed by atoms with Crippen molar-refractivity contribution in [1.82, 2.24) is 19.9 Å². The molecule has 2 amide bonds. The molecule has 9 heteroatoms. The fourth-order valence-corrected chi connectivity index (χ4v) is 4.35. The zero-order chi connectivity index (χ0) is 25.1. The van der Waals surface area contributed by atoms with Gasteiger partial charge in [0.15, 0.2) is 5.82 Å². The lowest BCUT2D eigenvalue weighted by Crippen LogP contribution is -2.50. The average molecular weight is 486 g/mol. The monoisotopic (exact) mass is 485 g/mol. The Morgan fingerprint density at radius 3 is 2.47 bits per heavy atom. The van der Waals surface area contributed by atoms with Crippen molar-refractivity contribution in [3.8, 4) is 17.0 Å². The molecule has 2 aromatic carbocycles. The SMILES string of the molecule is COc1ccc(-c2cc(C(=O)N3CCN(CC(=O)Nc4cc(C)on4)CC3)c3ccccc3n2)cc1. The molecule has 1 aliphatic heterocycles. The van der Waals surface area contributed by atoms with E-state index in [0.717, 1.165) is 27.9 Å². The second-order valence-corrected chi connectivity index (χ2v) is 8.74. The predicted molar refractivity (Wildman–Crippen MR) is 136 cm³/mol. The summed E-state index contributed by atoms with van der Waals surface area (Å²) in [4.78, 5) is 34.7. The number of pyridine rings is 1. The number of carbonyl (C=O) groups excluding carboxylic acids is 2. The van der Waals surface area contributed by atoms with Gasteiger partial charge >= 0.3 is 0 Å². The molecule has 2 aromatic heterocycles. The van der Waals surface area contributed by atoms with Gasteiger partial charge in [-0.15, -0.1) is 0 Å². The Balaban J connectivity index is 1.30. The number of nitrogens with zero attached hydrogens (tertiary/aromatic N) is 4. The summed E-state index contributed by atoms with van der Waals surface area (Å²) in [5, 5.41) is 7.35. The molecule has 4 aromatic rings. The first kappa shape index (κ1) is 23.5. The van der Waals surface area contributed by atoms with Crippen molar-refractivity contribution in [3.05, 3.63) is 72.0 Å². The second kappa shape index (κ2) is 10.2. The van der Waals surface area contributed by atoms with Crippen LogP contribution < -0.4 is 10.1 Å². The highest BCUT2D eigenvalue weighted by molar-refractivity contribution is 6.07. The van der Waals surface area contributed by atoms with E-state index in [4.69, 9.17) is 14.2 Å². The fourth-order valence-electron chi connectivity index (χ4n) is 4.35. The van der Waals surface area contributed by atoms with Crippen LogP contribution in [-0.4, -0.2) is 71.6 Å². The van der Waals surface area contributed by atoms with Crippen LogP contribution in [0, 0.1) is 6.92 Å². The highest BCUT2D eigenvalue weighted by atomic mass is 16.5. The molecule has 0 saturated carbocycles. The van der Waals surface area contributed by atoms with Gasteiger partial charge in [0.05, 0.1) is 30.4 Å². The lowest BCUT2D eigenvalue weighted by Gasteiger charge is -2.34. The van der Waals surface area contributed by atoms with Gasteiger partial charge in [0, 0.05) is 43.2 Å². The number of fused-ring (bicyclic) bond motifs is 1. The third-order valence-corrected chi connectivity index (χ3v) is 6.25. The summed E-state index contributed by atoms with van der Waals surface area (Å²) in [7, 11) is 1.63. The van der Waals surface area contributed by atoms with E-state index in [-0.39, 0.29) is 18.4 Å². The van der Waals surface area contributed by atoms with Crippen LogP contribution in [0.1, 0.15) is 16.1 Å². The summed E-state index contributed by atoms with van der Waals surface area (Å²) in [5.41, 5.74) is 3.04. The molecule has 5 rings (SSSR count). The molecule has 0 bridgehead atoms. The maximum absolute atomic E-state index is 13.6. The standard InChI is InChI=1S/C27H27N5O4/c1-18-15-25(30-36-18)29-26(33)17-31-11-13-32(14-12-31)27(34)22-16-24(19-7-9-20(35-2)10-8-19)28-23-6-4-3-5-21(22)23/h3-10,15-16H,11-14,17H2,1-2H3,(H,29,30,33). The molecule has 9 nitrogen and oxygen atoms in total. The van der Waals surface area contributed by atoms with Gasteiger partial charge in [-0.1, -0.05) is 23.4 Å². The number of para-hydroxylation sites is 1. The summed E-state index contributed by atoms with van der Waals surface area (Å²) in [5.74, 6) is 1.61. The number of carbonyl (C=O) groups is 2. The van der Waals surface area contributed by atoms with E-state index in [9.17, 15) is 9.59 Å². The van der Waals surface area contributed by atoms with Crippen LogP contribution in [0.15, 0.2) is 65.2 Å². The Labute approximate surface area is 208 Å². The van der Waals surface area contributed by atoms with Crippen molar-refractivity contribution in [2.75, 3.05) is 45.2 Å². The molecule has 1 saturated heterocycles. The molecule has 184 valence electrons. The van der Waals surface area contributed by atoms with E-state index in [1.54, 1.807) is 20.1 Å². The van der Waals surface area contributed by atoms with Crippen LogP contribution >= 0.6 is 0 Å². The number of rotatable bonds is 6. The molecule has 0 spiro atoms. The zero-order valence-corrected chi connectivity index (χ0v) is 20.2. The number of aromatic nitrogens is 2. The van der Waals surface area contributed by atoms with E-state index < -0.39 is 0 Å². The van der Waals surface area contributed by atoms with Gasteiger partial charge in [-0.25, -0.2) is 4.98 Å². The van der Waals surface area contributed by atoms with E-state index in [0.29, 0.717) is 43.3 Å².